The molecular weight excluding hydrogens is 361 g/mol. The van der Waals surface area contributed by atoms with Gasteiger partial charge in [-0.2, -0.15) is 0 Å². The summed E-state index contributed by atoms with van der Waals surface area (Å²) in [5.74, 6) is -2.05. The number of halogens is 1. The minimum Gasteiger partial charge on any atom is -0.456 e. The number of carbonyl (C=O) groups is 3. The second-order valence-electron chi connectivity index (χ2n) is 7.56. The maximum atomic E-state index is 12.9. The Bertz CT molecular complexity index is 852. The van der Waals surface area contributed by atoms with Crippen molar-refractivity contribution in [3.05, 3.63) is 71.0 Å². The highest BCUT2D eigenvalue weighted by Gasteiger charge is 2.20. The number of amides is 1. The minimum absolute atomic E-state index is 0.0246. The summed E-state index contributed by atoms with van der Waals surface area (Å²) in [5, 5.41) is 2.55. The zero-order valence-corrected chi connectivity index (χ0v) is 16.4. The predicted octanol–water partition coefficient (Wildman–Crippen LogP) is 3.67. The minimum atomic E-state index is -0.921. The Morgan fingerprint density at radius 3 is 2.04 bits per heavy atom. The molecule has 0 aromatic heterocycles. The molecule has 2 aromatic rings. The first-order valence-corrected chi connectivity index (χ1v) is 8.95. The molecule has 0 radical (unpaired) electrons. The molecule has 148 valence electrons. The van der Waals surface area contributed by atoms with E-state index >= 15 is 0 Å². The van der Waals surface area contributed by atoms with E-state index in [1.165, 1.54) is 19.1 Å². The fourth-order valence-electron chi connectivity index (χ4n) is 2.44. The lowest BCUT2D eigenvalue weighted by Gasteiger charge is -2.19. The number of benzene rings is 2. The Labute approximate surface area is 163 Å². The molecule has 0 bridgehead atoms. The van der Waals surface area contributed by atoms with Crippen molar-refractivity contribution < 1.29 is 23.5 Å². The number of carbonyl (C=O) groups excluding carboxylic acids is 3. The fourth-order valence-corrected chi connectivity index (χ4v) is 2.44. The number of ketones is 1. The molecular formula is C22H24FNO4. The van der Waals surface area contributed by atoms with Crippen LogP contribution in [0.4, 0.5) is 4.39 Å². The zero-order chi connectivity index (χ0) is 20.9. The number of esters is 1. The van der Waals surface area contributed by atoms with Crippen LogP contribution in [-0.2, 0) is 14.9 Å². The molecule has 0 saturated heterocycles. The first-order chi connectivity index (χ1) is 13.1. The molecule has 28 heavy (non-hydrogen) atoms. The lowest BCUT2D eigenvalue weighted by molar-refractivity contribution is -0.144. The van der Waals surface area contributed by atoms with Crippen LogP contribution >= 0.6 is 0 Å². The number of hydrogen-bond donors (Lipinski definition) is 1. The van der Waals surface area contributed by atoms with E-state index in [1.54, 1.807) is 12.1 Å². The molecule has 5 nitrogen and oxygen atoms in total. The Morgan fingerprint density at radius 1 is 0.964 bits per heavy atom. The van der Waals surface area contributed by atoms with Gasteiger partial charge in [-0.15, -0.1) is 0 Å². The van der Waals surface area contributed by atoms with Crippen LogP contribution in [0.5, 0.6) is 0 Å². The van der Waals surface area contributed by atoms with Crippen molar-refractivity contribution in [1.29, 1.82) is 0 Å². The van der Waals surface area contributed by atoms with Gasteiger partial charge in [0.1, 0.15) is 11.9 Å². The third-order valence-electron chi connectivity index (χ3n) is 4.23. The Balaban J connectivity index is 1.88. The summed E-state index contributed by atoms with van der Waals surface area (Å²) in [6, 6.07) is 11.2. The van der Waals surface area contributed by atoms with Gasteiger partial charge in [0, 0.05) is 11.1 Å². The van der Waals surface area contributed by atoms with Crippen molar-refractivity contribution in [2.24, 2.45) is 0 Å². The van der Waals surface area contributed by atoms with Gasteiger partial charge >= 0.3 is 5.97 Å². The Morgan fingerprint density at radius 2 is 1.50 bits per heavy atom. The molecule has 2 aromatic carbocycles. The third-order valence-corrected chi connectivity index (χ3v) is 4.23. The summed E-state index contributed by atoms with van der Waals surface area (Å²) in [6.45, 7) is 7.23. The maximum absolute atomic E-state index is 12.9. The fraction of sp³-hybridized carbons (Fsp3) is 0.318. The smallest absolute Gasteiger partial charge is 0.328 e. The van der Waals surface area contributed by atoms with Gasteiger partial charge in [-0.1, -0.05) is 32.9 Å². The highest BCUT2D eigenvalue weighted by Crippen LogP contribution is 2.22. The number of nitrogens with one attached hydrogen (secondary N) is 1. The van der Waals surface area contributed by atoms with Gasteiger partial charge in [0.2, 0.25) is 0 Å². The van der Waals surface area contributed by atoms with Crippen LogP contribution in [0.2, 0.25) is 0 Å². The number of rotatable bonds is 6. The third kappa shape index (κ3) is 5.74. The van der Waals surface area contributed by atoms with Gasteiger partial charge in [-0.25, -0.2) is 9.18 Å². The summed E-state index contributed by atoms with van der Waals surface area (Å²) in [4.78, 5) is 36.3. The molecule has 0 saturated carbocycles. The van der Waals surface area contributed by atoms with E-state index in [0.717, 1.165) is 17.7 Å². The van der Waals surface area contributed by atoms with E-state index < -0.39 is 36.1 Å². The van der Waals surface area contributed by atoms with Gasteiger partial charge in [0.15, 0.2) is 12.4 Å². The molecule has 1 amide bonds. The molecule has 0 aliphatic rings. The summed E-state index contributed by atoms with van der Waals surface area (Å²) in [6.07, 6.45) is 0. The van der Waals surface area contributed by atoms with Crippen LogP contribution in [0.15, 0.2) is 48.5 Å². The summed E-state index contributed by atoms with van der Waals surface area (Å²) in [5.41, 5.74) is 1.74. The molecule has 0 aliphatic heterocycles. The van der Waals surface area contributed by atoms with Gasteiger partial charge in [-0.3, -0.25) is 9.59 Å². The largest absolute Gasteiger partial charge is 0.456 e. The van der Waals surface area contributed by atoms with Crippen LogP contribution in [0.25, 0.3) is 0 Å². The maximum Gasteiger partial charge on any atom is 0.328 e. The summed E-state index contributed by atoms with van der Waals surface area (Å²) in [7, 11) is 0. The highest BCUT2D eigenvalue weighted by atomic mass is 19.1. The Kier molecular flexibility index (Phi) is 6.67. The quantitative estimate of drug-likeness (QED) is 0.608. The van der Waals surface area contributed by atoms with Gasteiger partial charge < -0.3 is 10.1 Å². The average Bonchev–Trinajstić information content (AvgIpc) is 2.65. The first kappa shape index (κ1) is 21.3. The molecule has 0 aliphatic carbocycles. The summed E-state index contributed by atoms with van der Waals surface area (Å²) < 4.78 is 17.8. The predicted molar refractivity (Wildman–Crippen MR) is 104 cm³/mol. The zero-order valence-electron chi connectivity index (χ0n) is 16.4. The average molecular weight is 385 g/mol. The SMILES string of the molecule is C[C@H](NC(=O)c1ccc(C(C)(C)C)cc1)C(=O)OCC(=O)c1ccc(F)cc1. The molecule has 6 heteroatoms. The van der Waals surface area contributed by atoms with E-state index in [1.807, 2.05) is 12.1 Å². The number of hydrogen-bond acceptors (Lipinski definition) is 4. The lowest BCUT2D eigenvalue weighted by Crippen LogP contribution is -2.40. The van der Waals surface area contributed by atoms with E-state index in [2.05, 4.69) is 26.1 Å². The Hall–Kier alpha value is -3.02. The van der Waals surface area contributed by atoms with Crippen LogP contribution < -0.4 is 5.32 Å². The molecule has 0 spiro atoms. The van der Waals surface area contributed by atoms with Crippen molar-refractivity contribution in [2.75, 3.05) is 6.61 Å². The first-order valence-electron chi connectivity index (χ1n) is 8.95. The molecule has 0 heterocycles. The second-order valence-corrected chi connectivity index (χ2v) is 7.56. The molecule has 1 atom stereocenters. The van der Waals surface area contributed by atoms with Crippen molar-refractivity contribution in [3.63, 3.8) is 0 Å². The molecule has 1 N–H and O–H groups in total. The highest BCUT2D eigenvalue weighted by molar-refractivity contribution is 5.99. The van der Waals surface area contributed by atoms with E-state index in [-0.39, 0.29) is 11.0 Å². The molecule has 0 unspecified atom stereocenters. The lowest BCUT2D eigenvalue weighted by atomic mass is 9.86. The van der Waals surface area contributed by atoms with Gasteiger partial charge in [-0.05, 0) is 54.3 Å². The molecule has 0 fully saturated rings. The van der Waals surface area contributed by atoms with E-state index in [0.29, 0.717) is 5.56 Å². The normalized spacial score (nSPS) is 12.2. The monoisotopic (exact) mass is 385 g/mol. The van der Waals surface area contributed by atoms with Crippen LogP contribution in [-0.4, -0.2) is 30.3 Å². The standard InChI is InChI=1S/C22H24FNO4/c1-14(21(27)28-13-19(25)15-7-11-18(23)12-8-15)24-20(26)16-5-9-17(10-6-16)22(2,3)4/h5-12,14H,13H2,1-4H3,(H,24,26)/t14-/m0/s1. The van der Waals surface area contributed by atoms with Crippen molar-refractivity contribution in [2.45, 2.75) is 39.2 Å². The number of Topliss-reactive ketones (excluding diaryl/α,β-unsaturated/α-hetero) is 1. The topological polar surface area (TPSA) is 72.5 Å². The second kappa shape index (κ2) is 8.78. The van der Waals surface area contributed by atoms with Gasteiger partial charge in [0.25, 0.3) is 5.91 Å². The van der Waals surface area contributed by atoms with Crippen molar-refractivity contribution >= 4 is 17.7 Å². The van der Waals surface area contributed by atoms with Gasteiger partial charge in [0.05, 0.1) is 0 Å². The van der Waals surface area contributed by atoms with Crippen LogP contribution in [0, 0.1) is 5.82 Å². The molecule has 2 rings (SSSR count). The van der Waals surface area contributed by atoms with Crippen molar-refractivity contribution in [3.8, 4) is 0 Å². The van der Waals surface area contributed by atoms with E-state index in [9.17, 15) is 18.8 Å². The number of ether oxygens (including phenoxy) is 1. The van der Waals surface area contributed by atoms with Crippen molar-refractivity contribution in [1.82, 2.24) is 5.32 Å². The van der Waals surface area contributed by atoms with E-state index in [4.69, 9.17) is 4.74 Å². The van der Waals surface area contributed by atoms with Crippen LogP contribution in [0.3, 0.4) is 0 Å². The van der Waals surface area contributed by atoms with Crippen LogP contribution in [0.1, 0.15) is 54.0 Å². The summed E-state index contributed by atoms with van der Waals surface area (Å²) >= 11 is 0.